The van der Waals surface area contributed by atoms with Crippen molar-refractivity contribution in [1.82, 2.24) is 5.32 Å². The summed E-state index contributed by atoms with van der Waals surface area (Å²) in [5, 5.41) is 11.6. The van der Waals surface area contributed by atoms with E-state index in [9.17, 15) is 18.0 Å². The van der Waals surface area contributed by atoms with Crippen LogP contribution < -0.4 is 5.32 Å². The summed E-state index contributed by atoms with van der Waals surface area (Å²) in [6, 6.07) is 6.26. The van der Waals surface area contributed by atoms with Gasteiger partial charge in [-0.05, 0) is 36.0 Å². The first-order valence-corrected chi connectivity index (χ1v) is 9.02. The third-order valence-electron chi connectivity index (χ3n) is 3.75. The Bertz CT molecular complexity index is 674. The fraction of sp³-hybridized carbons (Fsp3) is 0.467. The molecular weight excluding hydrogens is 306 g/mol. The van der Waals surface area contributed by atoms with Crippen LogP contribution in [0.2, 0.25) is 0 Å². The average Bonchev–Trinajstić information content (AvgIpc) is 3.13. The van der Waals surface area contributed by atoms with Crippen LogP contribution in [0.5, 0.6) is 0 Å². The highest BCUT2D eigenvalue weighted by Crippen LogP contribution is 2.49. The monoisotopic (exact) mass is 325 g/mol. The van der Waals surface area contributed by atoms with Crippen molar-refractivity contribution in [2.75, 3.05) is 12.0 Å². The summed E-state index contributed by atoms with van der Waals surface area (Å²) in [5.74, 6) is -1.11. The molecule has 0 spiro atoms. The van der Waals surface area contributed by atoms with Gasteiger partial charge in [0.15, 0.2) is 0 Å². The molecule has 0 aliphatic heterocycles. The topological polar surface area (TPSA) is 101 Å². The molecule has 1 saturated carbocycles. The lowest BCUT2D eigenvalue weighted by atomic mass is 10.0. The molecule has 22 heavy (non-hydrogen) atoms. The van der Waals surface area contributed by atoms with Crippen LogP contribution in [0.4, 0.5) is 0 Å². The second kappa shape index (κ2) is 6.08. The molecule has 0 aromatic heterocycles. The lowest BCUT2D eigenvalue weighted by molar-refractivity contribution is -0.122. The van der Waals surface area contributed by atoms with E-state index in [0.717, 1.165) is 18.4 Å². The minimum atomic E-state index is -3.08. The van der Waals surface area contributed by atoms with E-state index in [2.05, 4.69) is 5.32 Å². The summed E-state index contributed by atoms with van der Waals surface area (Å²) >= 11 is 0. The van der Waals surface area contributed by atoms with Gasteiger partial charge in [-0.1, -0.05) is 12.1 Å². The molecule has 0 bridgehead atoms. The van der Waals surface area contributed by atoms with Crippen LogP contribution >= 0.6 is 0 Å². The van der Waals surface area contributed by atoms with E-state index in [0.29, 0.717) is 6.54 Å². The van der Waals surface area contributed by atoms with E-state index in [1.54, 1.807) is 12.1 Å². The number of rotatable bonds is 7. The molecule has 1 aliphatic carbocycles. The number of carboxylic acid groups (broad SMARTS) is 1. The average molecular weight is 325 g/mol. The zero-order valence-corrected chi connectivity index (χ0v) is 13.1. The Labute approximate surface area is 129 Å². The van der Waals surface area contributed by atoms with Crippen LogP contribution in [-0.4, -0.2) is 37.4 Å². The largest absolute Gasteiger partial charge is 0.478 e. The molecule has 0 atom stereocenters. The van der Waals surface area contributed by atoms with Gasteiger partial charge < -0.3 is 10.4 Å². The fourth-order valence-corrected chi connectivity index (χ4v) is 3.98. The maximum atomic E-state index is 11.9. The Kier molecular flexibility index (Phi) is 4.55. The Morgan fingerprint density at radius 3 is 2.27 bits per heavy atom. The first kappa shape index (κ1) is 16.5. The van der Waals surface area contributed by atoms with Gasteiger partial charge in [0.05, 0.1) is 11.3 Å². The van der Waals surface area contributed by atoms with Crippen molar-refractivity contribution < 1.29 is 23.1 Å². The Balaban J connectivity index is 1.84. The predicted octanol–water partition coefficient (Wildman–Crippen LogP) is 1.22. The lowest BCUT2D eigenvalue weighted by Gasteiger charge is -2.13. The van der Waals surface area contributed by atoms with Crippen LogP contribution in [0.3, 0.4) is 0 Å². The number of carbonyl (C=O) groups is 2. The quantitative estimate of drug-likeness (QED) is 0.785. The first-order valence-electron chi connectivity index (χ1n) is 6.96. The molecular formula is C15H19NO5S. The zero-order valence-electron chi connectivity index (χ0n) is 12.3. The van der Waals surface area contributed by atoms with Crippen LogP contribution in [-0.2, 0) is 21.2 Å². The zero-order chi connectivity index (χ0) is 16.4. The molecule has 2 N–H and O–H groups in total. The Morgan fingerprint density at radius 2 is 1.82 bits per heavy atom. The number of benzene rings is 1. The molecule has 120 valence electrons. The molecule has 0 radical (unpaired) electrons. The van der Waals surface area contributed by atoms with E-state index in [4.69, 9.17) is 5.11 Å². The summed E-state index contributed by atoms with van der Waals surface area (Å²) in [6.07, 6.45) is 2.93. The van der Waals surface area contributed by atoms with E-state index >= 15 is 0 Å². The highest BCUT2D eigenvalue weighted by atomic mass is 32.2. The van der Waals surface area contributed by atoms with E-state index < -0.39 is 15.8 Å². The van der Waals surface area contributed by atoms with Crippen molar-refractivity contribution in [2.24, 2.45) is 5.41 Å². The third kappa shape index (κ3) is 4.84. The maximum absolute atomic E-state index is 11.9. The lowest BCUT2D eigenvalue weighted by Crippen LogP contribution is -2.28. The molecule has 1 aromatic carbocycles. The molecule has 0 saturated heterocycles. The molecule has 1 aliphatic rings. The maximum Gasteiger partial charge on any atom is 0.335 e. The van der Waals surface area contributed by atoms with Crippen LogP contribution in [0.15, 0.2) is 24.3 Å². The van der Waals surface area contributed by atoms with Gasteiger partial charge in [0.25, 0.3) is 0 Å². The van der Waals surface area contributed by atoms with Gasteiger partial charge in [0.2, 0.25) is 5.91 Å². The van der Waals surface area contributed by atoms with Crippen molar-refractivity contribution in [3.8, 4) is 0 Å². The van der Waals surface area contributed by atoms with E-state index in [1.165, 1.54) is 18.4 Å². The SMILES string of the molecule is CS(=O)(=O)CC1(CC(=O)NCc2ccc(C(=O)O)cc2)CC1. The molecule has 0 heterocycles. The van der Waals surface area contributed by atoms with Gasteiger partial charge in [-0.2, -0.15) is 0 Å². The molecule has 1 aromatic rings. The smallest absolute Gasteiger partial charge is 0.335 e. The Hall–Kier alpha value is -1.89. The summed E-state index contributed by atoms with van der Waals surface area (Å²) in [4.78, 5) is 22.7. The van der Waals surface area contributed by atoms with Gasteiger partial charge in [0.1, 0.15) is 9.84 Å². The molecule has 2 rings (SSSR count). The second-order valence-electron chi connectivity index (χ2n) is 6.03. The highest BCUT2D eigenvalue weighted by Gasteiger charge is 2.46. The normalized spacial score (nSPS) is 16.0. The number of aromatic carboxylic acids is 1. The van der Waals surface area contributed by atoms with Crippen LogP contribution in [0.25, 0.3) is 0 Å². The number of amides is 1. The summed E-state index contributed by atoms with van der Waals surface area (Å²) < 4.78 is 22.7. The van der Waals surface area contributed by atoms with Crippen LogP contribution in [0, 0.1) is 5.41 Å². The molecule has 7 heteroatoms. The number of carbonyl (C=O) groups excluding carboxylic acids is 1. The number of hydrogen-bond donors (Lipinski definition) is 2. The predicted molar refractivity (Wildman–Crippen MR) is 81.2 cm³/mol. The van der Waals surface area contributed by atoms with Gasteiger partial charge in [-0.15, -0.1) is 0 Å². The summed E-state index contributed by atoms with van der Waals surface area (Å²) in [6.45, 7) is 0.299. The van der Waals surface area contributed by atoms with Crippen molar-refractivity contribution >= 4 is 21.7 Å². The van der Waals surface area contributed by atoms with Gasteiger partial charge >= 0.3 is 5.97 Å². The van der Waals surface area contributed by atoms with E-state index in [-0.39, 0.29) is 29.1 Å². The van der Waals surface area contributed by atoms with Gasteiger partial charge in [-0.25, -0.2) is 13.2 Å². The molecule has 6 nitrogen and oxygen atoms in total. The van der Waals surface area contributed by atoms with Gasteiger partial charge in [0, 0.05) is 19.2 Å². The minimum absolute atomic E-state index is 0.0563. The van der Waals surface area contributed by atoms with Crippen molar-refractivity contribution in [1.29, 1.82) is 0 Å². The van der Waals surface area contributed by atoms with Crippen molar-refractivity contribution in [3.63, 3.8) is 0 Å². The number of sulfone groups is 1. The van der Waals surface area contributed by atoms with Crippen molar-refractivity contribution in [2.45, 2.75) is 25.8 Å². The second-order valence-corrected chi connectivity index (χ2v) is 8.17. The molecule has 1 amide bonds. The Morgan fingerprint density at radius 1 is 1.23 bits per heavy atom. The number of carboxylic acids is 1. The van der Waals surface area contributed by atoms with Gasteiger partial charge in [-0.3, -0.25) is 4.79 Å². The number of nitrogens with one attached hydrogen (secondary N) is 1. The summed E-state index contributed by atoms with van der Waals surface area (Å²) in [5.41, 5.74) is 0.608. The van der Waals surface area contributed by atoms with Crippen molar-refractivity contribution in [3.05, 3.63) is 35.4 Å². The standard InChI is InChI=1S/C15H19NO5S/c1-22(20,21)10-15(6-7-15)8-13(17)16-9-11-2-4-12(5-3-11)14(18)19/h2-5H,6-10H2,1H3,(H,16,17)(H,18,19). The summed E-state index contributed by atoms with van der Waals surface area (Å²) in [7, 11) is -3.08. The van der Waals surface area contributed by atoms with E-state index in [1.807, 2.05) is 0 Å². The first-order chi connectivity index (χ1) is 10.2. The molecule has 1 fully saturated rings. The number of hydrogen-bond acceptors (Lipinski definition) is 4. The highest BCUT2D eigenvalue weighted by molar-refractivity contribution is 7.90. The third-order valence-corrected chi connectivity index (χ3v) is 4.89. The minimum Gasteiger partial charge on any atom is -0.478 e. The molecule has 0 unspecified atom stereocenters. The fourth-order valence-electron chi connectivity index (χ4n) is 2.47. The van der Waals surface area contributed by atoms with Crippen LogP contribution in [0.1, 0.15) is 35.2 Å².